The first-order valence-electron chi connectivity index (χ1n) is 6.72. The highest BCUT2D eigenvalue weighted by Crippen LogP contribution is 2.29. The Kier molecular flexibility index (Phi) is 4.04. The molecule has 0 aliphatic carbocycles. The predicted molar refractivity (Wildman–Crippen MR) is 85.4 cm³/mol. The second kappa shape index (κ2) is 6.12. The lowest BCUT2D eigenvalue weighted by Crippen LogP contribution is -2.03. The van der Waals surface area contributed by atoms with E-state index >= 15 is 0 Å². The molecule has 106 valence electrons. The van der Waals surface area contributed by atoms with Crippen molar-refractivity contribution in [2.24, 2.45) is 5.73 Å². The maximum absolute atomic E-state index is 6.18. The number of aromatic nitrogens is 1. The minimum Gasteiger partial charge on any atom is -0.487 e. The molecule has 0 atom stereocenters. The monoisotopic (exact) mass is 298 g/mol. The Morgan fingerprint density at radius 2 is 2.00 bits per heavy atom. The Morgan fingerprint density at radius 3 is 2.86 bits per heavy atom. The Balaban J connectivity index is 1.83. The summed E-state index contributed by atoms with van der Waals surface area (Å²) in [6, 6.07) is 15.6. The van der Waals surface area contributed by atoms with Gasteiger partial charge in [0, 0.05) is 23.7 Å². The van der Waals surface area contributed by atoms with Gasteiger partial charge in [0.05, 0.1) is 10.5 Å². The zero-order valence-corrected chi connectivity index (χ0v) is 12.2. The van der Waals surface area contributed by atoms with Crippen LogP contribution in [-0.2, 0) is 13.2 Å². The van der Waals surface area contributed by atoms with Crippen molar-refractivity contribution < 1.29 is 4.74 Å². The average Bonchev–Trinajstić information content (AvgIpc) is 2.53. The molecule has 0 bridgehead atoms. The van der Waals surface area contributed by atoms with E-state index in [1.807, 2.05) is 36.4 Å². The molecule has 1 heterocycles. The first kappa shape index (κ1) is 13.9. The van der Waals surface area contributed by atoms with Crippen molar-refractivity contribution in [2.45, 2.75) is 13.2 Å². The number of nitrogens with two attached hydrogens (primary N) is 1. The van der Waals surface area contributed by atoms with E-state index in [0.717, 1.165) is 22.0 Å². The highest BCUT2D eigenvalue weighted by atomic mass is 35.5. The third-order valence-corrected chi connectivity index (χ3v) is 3.62. The summed E-state index contributed by atoms with van der Waals surface area (Å²) in [7, 11) is 0. The maximum Gasteiger partial charge on any atom is 0.142 e. The van der Waals surface area contributed by atoms with Crippen LogP contribution in [-0.4, -0.2) is 4.98 Å². The van der Waals surface area contributed by atoms with Crippen LogP contribution in [0.15, 0.2) is 54.7 Å². The van der Waals surface area contributed by atoms with E-state index in [1.54, 1.807) is 12.3 Å². The molecule has 0 unspecified atom stereocenters. The summed E-state index contributed by atoms with van der Waals surface area (Å²) in [5, 5.41) is 1.68. The fourth-order valence-corrected chi connectivity index (χ4v) is 2.49. The first-order chi connectivity index (χ1) is 10.3. The smallest absolute Gasteiger partial charge is 0.142 e. The minimum atomic E-state index is 0.400. The zero-order valence-electron chi connectivity index (χ0n) is 11.4. The molecule has 0 aliphatic heterocycles. The highest BCUT2D eigenvalue weighted by molar-refractivity contribution is 6.32. The Morgan fingerprint density at radius 1 is 1.10 bits per heavy atom. The molecule has 0 saturated heterocycles. The molecule has 2 N–H and O–H groups in total. The summed E-state index contributed by atoms with van der Waals surface area (Å²) >= 11 is 6.18. The van der Waals surface area contributed by atoms with E-state index in [-0.39, 0.29) is 0 Å². The van der Waals surface area contributed by atoms with Gasteiger partial charge >= 0.3 is 0 Å². The number of hydrogen-bond donors (Lipinski definition) is 1. The molecular weight excluding hydrogens is 284 g/mol. The van der Waals surface area contributed by atoms with Crippen LogP contribution >= 0.6 is 11.6 Å². The molecule has 0 saturated carbocycles. The summed E-state index contributed by atoms with van der Waals surface area (Å²) in [6.45, 7) is 0.846. The quantitative estimate of drug-likeness (QED) is 0.794. The van der Waals surface area contributed by atoms with E-state index < -0.39 is 0 Å². The molecule has 3 rings (SSSR count). The molecule has 3 nitrogen and oxygen atoms in total. The number of halogens is 1. The third-order valence-electron chi connectivity index (χ3n) is 3.32. The fraction of sp³-hybridized carbons (Fsp3) is 0.118. The van der Waals surface area contributed by atoms with Crippen molar-refractivity contribution in [3.63, 3.8) is 0 Å². The van der Waals surface area contributed by atoms with Crippen LogP contribution in [0.3, 0.4) is 0 Å². The van der Waals surface area contributed by atoms with Gasteiger partial charge in [0.25, 0.3) is 0 Å². The zero-order chi connectivity index (χ0) is 14.7. The van der Waals surface area contributed by atoms with E-state index in [4.69, 9.17) is 22.1 Å². The number of benzene rings is 2. The summed E-state index contributed by atoms with van der Waals surface area (Å²) in [5.74, 6) is 0.660. The molecule has 3 aromatic rings. The van der Waals surface area contributed by atoms with Crippen molar-refractivity contribution in [3.8, 4) is 5.75 Å². The van der Waals surface area contributed by atoms with Crippen molar-refractivity contribution in [2.75, 3.05) is 0 Å². The van der Waals surface area contributed by atoms with Crippen LogP contribution in [0.5, 0.6) is 5.75 Å². The van der Waals surface area contributed by atoms with Gasteiger partial charge < -0.3 is 10.5 Å². The van der Waals surface area contributed by atoms with Gasteiger partial charge in [0.1, 0.15) is 12.4 Å². The summed E-state index contributed by atoms with van der Waals surface area (Å²) < 4.78 is 5.86. The molecule has 0 radical (unpaired) electrons. The van der Waals surface area contributed by atoms with Crippen LogP contribution in [0.1, 0.15) is 11.1 Å². The molecule has 0 spiro atoms. The Labute approximate surface area is 128 Å². The number of ether oxygens (including phenoxy) is 1. The van der Waals surface area contributed by atoms with Crippen molar-refractivity contribution in [1.29, 1.82) is 0 Å². The number of hydrogen-bond acceptors (Lipinski definition) is 3. The molecule has 0 aliphatic rings. The highest BCUT2D eigenvalue weighted by Gasteiger charge is 2.07. The average molecular weight is 299 g/mol. The van der Waals surface area contributed by atoms with E-state index in [0.29, 0.717) is 23.9 Å². The molecule has 2 aromatic carbocycles. The Hall–Kier alpha value is -2.10. The molecule has 0 amide bonds. The largest absolute Gasteiger partial charge is 0.487 e. The molecule has 0 fully saturated rings. The summed E-state index contributed by atoms with van der Waals surface area (Å²) in [6.07, 6.45) is 1.79. The standard InChI is InChI=1S/C17H15ClN2O/c18-15-5-1-3-14(10-19)17(15)21-11-12-6-7-16-13(9-12)4-2-8-20-16/h1-9H,10-11,19H2. The van der Waals surface area contributed by atoms with Crippen LogP contribution < -0.4 is 10.5 Å². The lowest BCUT2D eigenvalue weighted by atomic mass is 10.1. The number of fused-ring (bicyclic) bond motifs is 1. The molecular formula is C17H15ClN2O. The van der Waals surface area contributed by atoms with Crippen LogP contribution in [0.2, 0.25) is 5.02 Å². The lowest BCUT2D eigenvalue weighted by Gasteiger charge is -2.12. The van der Waals surface area contributed by atoms with Gasteiger partial charge in [-0.1, -0.05) is 35.9 Å². The normalized spacial score (nSPS) is 10.8. The minimum absolute atomic E-state index is 0.400. The Bertz CT molecular complexity index is 774. The van der Waals surface area contributed by atoms with Gasteiger partial charge in [-0.15, -0.1) is 0 Å². The van der Waals surface area contributed by atoms with Gasteiger partial charge in [0.15, 0.2) is 0 Å². The molecule has 21 heavy (non-hydrogen) atoms. The fourth-order valence-electron chi connectivity index (χ4n) is 2.25. The first-order valence-corrected chi connectivity index (χ1v) is 7.09. The third kappa shape index (κ3) is 2.99. The van der Waals surface area contributed by atoms with E-state index in [2.05, 4.69) is 11.1 Å². The van der Waals surface area contributed by atoms with Crippen molar-refractivity contribution in [3.05, 3.63) is 70.9 Å². The predicted octanol–water partition coefficient (Wildman–Crippen LogP) is 3.93. The second-order valence-electron chi connectivity index (χ2n) is 4.75. The summed E-state index contributed by atoms with van der Waals surface area (Å²) in [4.78, 5) is 4.30. The number of pyridine rings is 1. The van der Waals surface area contributed by atoms with Crippen LogP contribution in [0.4, 0.5) is 0 Å². The van der Waals surface area contributed by atoms with E-state index in [1.165, 1.54) is 0 Å². The van der Waals surface area contributed by atoms with Gasteiger partial charge in [-0.3, -0.25) is 4.98 Å². The van der Waals surface area contributed by atoms with Gasteiger partial charge in [0.2, 0.25) is 0 Å². The molecule has 4 heteroatoms. The van der Waals surface area contributed by atoms with Gasteiger partial charge in [-0.05, 0) is 29.8 Å². The van der Waals surface area contributed by atoms with Crippen molar-refractivity contribution in [1.82, 2.24) is 4.98 Å². The number of para-hydroxylation sites is 1. The lowest BCUT2D eigenvalue weighted by molar-refractivity contribution is 0.303. The maximum atomic E-state index is 6.18. The van der Waals surface area contributed by atoms with Gasteiger partial charge in [-0.2, -0.15) is 0 Å². The second-order valence-corrected chi connectivity index (χ2v) is 5.16. The van der Waals surface area contributed by atoms with Crippen LogP contribution in [0.25, 0.3) is 10.9 Å². The van der Waals surface area contributed by atoms with E-state index in [9.17, 15) is 0 Å². The SMILES string of the molecule is NCc1cccc(Cl)c1OCc1ccc2ncccc2c1. The number of rotatable bonds is 4. The topological polar surface area (TPSA) is 48.1 Å². The summed E-state index contributed by atoms with van der Waals surface area (Å²) in [5.41, 5.74) is 8.67. The van der Waals surface area contributed by atoms with Gasteiger partial charge in [-0.25, -0.2) is 0 Å². The number of nitrogens with zero attached hydrogens (tertiary/aromatic N) is 1. The van der Waals surface area contributed by atoms with Crippen molar-refractivity contribution >= 4 is 22.5 Å². The molecule has 1 aromatic heterocycles. The van der Waals surface area contributed by atoms with Crippen LogP contribution in [0, 0.1) is 0 Å².